The molecule has 0 aromatic heterocycles. The van der Waals surface area contributed by atoms with Crippen molar-refractivity contribution in [1.82, 2.24) is 0 Å². The lowest BCUT2D eigenvalue weighted by Crippen LogP contribution is -2.20. The van der Waals surface area contributed by atoms with Crippen LogP contribution >= 0.6 is 0 Å². The van der Waals surface area contributed by atoms with Crippen molar-refractivity contribution >= 4 is 21.5 Å². The van der Waals surface area contributed by atoms with Crippen molar-refractivity contribution in [2.75, 3.05) is 18.1 Å². The molecule has 6 heteroatoms. The Balaban J connectivity index is 2.19. The van der Waals surface area contributed by atoms with Gasteiger partial charge in [-0.2, -0.15) is 0 Å². The Morgan fingerprint density at radius 1 is 1.29 bits per heavy atom. The molecule has 92 valence electrons. The van der Waals surface area contributed by atoms with E-state index in [0.29, 0.717) is 18.7 Å². The molecule has 1 aromatic rings. The van der Waals surface area contributed by atoms with Crippen molar-refractivity contribution in [2.24, 2.45) is 5.92 Å². The van der Waals surface area contributed by atoms with Gasteiger partial charge in [0.15, 0.2) is 9.84 Å². The highest BCUT2D eigenvalue weighted by Gasteiger charge is 2.31. The minimum atomic E-state index is -3.45. The fourth-order valence-corrected chi connectivity index (χ4v) is 3.30. The van der Waals surface area contributed by atoms with Gasteiger partial charge in [-0.15, -0.1) is 0 Å². The van der Waals surface area contributed by atoms with Crippen LogP contribution in [0.25, 0.3) is 0 Å². The molecule has 0 aliphatic carbocycles. The first-order valence-corrected chi connectivity index (χ1v) is 6.89. The summed E-state index contributed by atoms with van der Waals surface area (Å²) < 4.78 is 28.7. The zero-order valence-corrected chi connectivity index (χ0v) is 9.94. The third kappa shape index (κ3) is 2.58. The number of nitrogen functional groups attached to an aromatic ring is 1. The zero-order chi connectivity index (χ0) is 12.5. The number of nitrogens with two attached hydrogens (primary N) is 1. The van der Waals surface area contributed by atoms with E-state index in [-0.39, 0.29) is 10.6 Å². The monoisotopic (exact) mass is 255 g/mol. The molecule has 1 aliphatic heterocycles. The first-order valence-electron chi connectivity index (χ1n) is 5.24. The Bertz CT molecular complexity index is 521. The minimum Gasteiger partial charge on any atom is -0.465 e. The summed E-state index contributed by atoms with van der Waals surface area (Å²) >= 11 is 0. The molecular formula is C11H13NO4S. The van der Waals surface area contributed by atoms with Crippen molar-refractivity contribution in [3.05, 3.63) is 24.3 Å². The fourth-order valence-electron chi connectivity index (χ4n) is 1.73. The van der Waals surface area contributed by atoms with Crippen LogP contribution in [0.1, 0.15) is 6.42 Å². The van der Waals surface area contributed by atoms with Gasteiger partial charge >= 0.3 is 5.97 Å². The summed E-state index contributed by atoms with van der Waals surface area (Å²) in [7, 11) is -3.45. The second-order valence-electron chi connectivity index (χ2n) is 4.00. The van der Waals surface area contributed by atoms with E-state index in [1.54, 1.807) is 0 Å². The van der Waals surface area contributed by atoms with Crippen molar-refractivity contribution in [3.8, 4) is 0 Å². The Hall–Kier alpha value is -1.56. The van der Waals surface area contributed by atoms with Gasteiger partial charge in [0.1, 0.15) is 0 Å². The number of esters is 1. The quantitative estimate of drug-likeness (QED) is 0.631. The minimum absolute atomic E-state index is 0.186. The number of rotatable bonds is 3. The van der Waals surface area contributed by atoms with Gasteiger partial charge in [0.25, 0.3) is 0 Å². The fraction of sp³-hybridized carbons (Fsp3) is 0.364. The standard InChI is InChI=1S/C11H13NO4S/c12-9-1-3-10(4-2-9)17(14,15)7-8-5-6-16-11(8)13/h1-4,8H,5-7,12H2. The molecule has 5 nitrogen and oxygen atoms in total. The molecule has 2 rings (SSSR count). The number of carbonyl (C=O) groups is 1. The molecule has 17 heavy (non-hydrogen) atoms. The van der Waals surface area contributed by atoms with E-state index in [1.165, 1.54) is 24.3 Å². The van der Waals surface area contributed by atoms with E-state index in [9.17, 15) is 13.2 Å². The number of hydrogen-bond acceptors (Lipinski definition) is 5. The van der Waals surface area contributed by atoms with Gasteiger partial charge < -0.3 is 10.5 Å². The van der Waals surface area contributed by atoms with Gasteiger partial charge in [0, 0.05) is 5.69 Å². The molecule has 0 bridgehead atoms. The van der Waals surface area contributed by atoms with Crippen molar-refractivity contribution in [1.29, 1.82) is 0 Å². The molecule has 0 spiro atoms. The predicted molar refractivity (Wildman–Crippen MR) is 62.0 cm³/mol. The average Bonchev–Trinajstić information content (AvgIpc) is 2.64. The van der Waals surface area contributed by atoms with Crippen molar-refractivity contribution in [3.63, 3.8) is 0 Å². The molecule has 2 N–H and O–H groups in total. The van der Waals surface area contributed by atoms with Gasteiger partial charge in [0.05, 0.1) is 23.2 Å². The number of sulfone groups is 1. The summed E-state index contributed by atoms with van der Waals surface area (Å²) in [6.07, 6.45) is 0.465. The van der Waals surface area contributed by atoms with E-state index in [0.717, 1.165) is 0 Å². The summed E-state index contributed by atoms with van der Waals surface area (Å²) in [4.78, 5) is 11.4. The summed E-state index contributed by atoms with van der Waals surface area (Å²) in [5, 5.41) is 0. The topological polar surface area (TPSA) is 86.5 Å². The lowest BCUT2D eigenvalue weighted by molar-refractivity contribution is -0.140. The Labute approximate surface area is 99.5 Å². The smallest absolute Gasteiger partial charge is 0.310 e. The maximum Gasteiger partial charge on any atom is 0.310 e. The van der Waals surface area contributed by atoms with Crippen LogP contribution in [-0.2, 0) is 19.4 Å². The van der Waals surface area contributed by atoms with E-state index in [1.807, 2.05) is 0 Å². The maximum atomic E-state index is 12.0. The lowest BCUT2D eigenvalue weighted by atomic mass is 10.1. The van der Waals surface area contributed by atoms with Crippen LogP contribution in [0.4, 0.5) is 5.69 Å². The maximum absolute atomic E-state index is 12.0. The molecular weight excluding hydrogens is 242 g/mol. The van der Waals surface area contributed by atoms with Crippen LogP contribution in [0.2, 0.25) is 0 Å². The number of cyclic esters (lactones) is 1. The van der Waals surface area contributed by atoms with Gasteiger partial charge in [-0.1, -0.05) is 0 Å². The van der Waals surface area contributed by atoms with Gasteiger partial charge in [0.2, 0.25) is 0 Å². The number of carbonyl (C=O) groups excluding carboxylic acids is 1. The van der Waals surface area contributed by atoms with Gasteiger partial charge in [-0.05, 0) is 30.7 Å². The molecule has 1 atom stereocenters. The van der Waals surface area contributed by atoms with Crippen LogP contribution in [0, 0.1) is 5.92 Å². The lowest BCUT2D eigenvalue weighted by Gasteiger charge is -2.07. The number of hydrogen-bond donors (Lipinski definition) is 1. The summed E-state index contributed by atoms with van der Waals surface area (Å²) in [6.45, 7) is 0.306. The summed E-state index contributed by atoms with van der Waals surface area (Å²) in [5.41, 5.74) is 5.99. The van der Waals surface area contributed by atoms with Crippen LogP contribution in [0.3, 0.4) is 0 Å². The normalized spacial score (nSPS) is 20.2. The van der Waals surface area contributed by atoms with Gasteiger partial charge in [-0.25, -0.2) is 8.42 Å². The summed E-state index contributed by atoms with van der Waals surface area (Å²) in [5.74, 6) is -1.17. The van der Waals surface area contributed by atoms with Crippen LogP contribution < -0.4 is 5.73 Å². The largest absolute Gasteiger partial charge is 0.465 e. The molecule has 0 radical (unpaired) electrons. The molecule has 1 fully saturated rings. The Kier molecular flexibility index (Phi) is 3.06. The highest BCUT2D eigenvalue weighted by Crippen LogP contribution is 2.21. The van der Waals surface area contributed by atoms with E-state index < -0.39 is 21.7 Å². The van der Waals surface area contributed by atoms with Crippen molar-refractivity contribution < 1.29 is 17.9 Å². The van der Waals surface area contributed by atoms with E-state index >= 15 is 0 Å². The first-order chi connectivity index (χ1) is 7.99. The van der Waals surface area contributed by atoms with Crippen LogP contribution in [0.5, 0.6) is 0 Å². The highest BCUT2D eigenvalue weighted by molar-refractivity contribution is 7.91. The molecule has 0 amide bonds. The van der Waals surface area contributed by atoms with Crippen LogP contribution in [0.15, 0.2) is 29.2 Å². The Morgan fingerprint density at radius 3 is 2.47 bits per heavy atom. The molecule has 0 saturated carbocycles. The van der Waals surface area contributed by atoms with Crippen molar-refractivity contribution in [2.45, 2.75) is 11.3 Å². The summed E-state index contributed by atoms with van der Waals surface area (Å²) in [6, 6.07) is 5.95. The molecule has 1 aromatic carbocycles. The second-order valence-corrected chi connectivity index (χ2v) is 6.04. The molecule has 1 unspecified atom stereocenters. The highest BCUT2D eigenvalue weighted by atomic mass is 32.2. The number of benzene rings is 1. The second kappa shape index (κ2) is 4.37. The SMILES string of the molecule is Nc1ccc(S(=O)(=O)CC2CCOC2=O)cc1. The van der Waals surface area contributed by atoms with E-state index in [4.69, 9.17) is 10.5 Å². The molecule has 1 heterocycles. The molecule has 1 aliphatic rings. The number of anilines is 1. The number of ether oxygens (including phenoxy) is 1. The third-order valence-electron chi connectivity index (χ3n) is 2.70. The Morgan fingerprint density at radius 2 is 1.94 bits per heavy atom. The zero-order valence-electron chi connectivity index (χ0n) is 9.13. The first kappa shape index (κ1) is 11.9. The predicted octanol–water partition coefficient (Wildman–Crippen LogP) is 0.606. The molecule has 1 saturated heterocycles. The average molecular weight is 255 g/mol. The van der Waals surface area contributed by atoms with Crippen LogP contribution in [-0.4, -0.2) is 26.7 Å². The third-order valence-corrected chi connectivity index (χ3v) is 4.54. The van der Waals surface area contributed by atoms with Gasteiger partial charge in [-0.3, -0.25) is 4.79 Å². The van der Waals surface area contributed by atoms with E-state index in [2.05, 4.69) is 0 Å².